The van der Waals surface area contributed by atoms with Crippen LogP contribution in [0, 0.1) is 0 Å². The monoisotopic (exact) mass is 159 g/mol. The zero-order valence-corrected chi connectivity index (χ0v) is 6.20. The minimum absolute atomic E-state index is 0.00667. The molecule has 0 unspecified atom stereocenters. The Labute approximate surface area is 63.8 Å². The van der Waals surface area contributed by atoms with E-state index in [9.17, 15) is 9.59 Å². The number of rotatable bonds is 1. The molecule has 62 valence electrons. The fraction of sp³-hybridized carbons (Fsp3) is 0.667. The molecule has 0 aliphatic carbocycles. The highest BCUT2D eigenvalue weighted by molar-refractivity contribution is 5.78. The number of hydroxylamine groups is 2. The summed E-state index contributed by atoms with van der Waals surface area (Å²) in [6.07, 6.45) is 0. The standard InChI is InChI=1S/C6H9NO4/c1-5(8)11-7-2-3-10-4-6(7)9/h2-4H2,1H3. The number of hydrogen-bond donors (Lipinski definition) is 0. The third-order valence-electron chi connectivity index (χ3n) is 1.18. The molecular formula is C6H9NO4. The Bertz CT molecular complexity index is 179. The van der Waals surface area contributed by atoms with Gasteiger partial charge >= 0.3 is 5.97 Å². The van der Waals surface area contributed by atoms with Crippen molar-refractivity contribution in [1.29, 1.82) is 0 Å². The lowest BCUT2D eigenvalue weighted by Gasteiger charge is -2.23. The first-order valence-electron chi connectivity index (χ1n) is 3.27. The third-order valence-corrected chi connectivity index (χ3v) is 1.18. The number of nitrogens with zero attached hydrogens (tertiary/aromatic N) is 1. The van der Waals surface area contributed by atoms with Crippen molar-refractivity contribution in [2.45, 2.75) is 6.92 Å². The van der Waals surface area contributed by atoms with Gasteiger partial charge in [0.25, 0.3) is 5.91 Å². The highest BCUT2D eigenvalue weighted by Crippen LogP contribution is 1.99. The lowest BCUT2D eigenvalue weighted by atomic mass is 10.5. The predicted molar refractivity (Wildman–Crippen MR) is 34.3 cm³/mol. The van der Waals surface area contributed by atoms with Gasteiger partial charge in [-0.2, -0.15) is 5.06 Å². The zero-order valence-electron chi connectivity index (χ0n) is 6.20. The largest absolute Gasteiger partial charge is 0.370 e. The van der Waals surface area contributed by atoms with Gasteiger partial charge in [-0.25, -0.2) is 0 Å². The summed E-state index contributed by atoms with van der Waals surface area (Å²) in [6.45, 7) is 1.98. The topological polar surface area (TPSA) is 55.8 Å². The second-order valence-corrected chi connectivity index (χ2v) is 2.13. The number of carbonyl (C=O) groups is 2. The highest BCUT2D eigenvalue weighted by Gasteiger charge is 2.20. The van der Waals surface area contributed by atoms with Crippen LogP contribution in [-0.4, -0.2) is 36.7 Å². The molecule has 1 fully saturated rings. The molecule has 1 aliphatic heterocycles. The van der Waals surface area contributed by atoms with Crippen LogP contribution < -0.4 is 0 Å². The molecule has 1 amide bonds. The van der Waals surface area contributed by atoms with Gasteiger partial charge in [-0.1, -0.05) is 0 Å². The minimum atomic E-state index is -0.486. The van der Waals surface area contributed by atoms with Crippen LogP contribution in [0.5, 0.6) is 0 Å². The number of carbonyl (C=O) groups excluding carboxylic acids is 2. The Morgan fingerprint density at radius 3 is 3.00 bits per heavy atom. The summed E-state index contributed by atoms with van der Waals surface area (Å²) in [5, 5.41) is 1.02. The van der Waals surface area contributed by atoms with Gasteiger partial charge in [0.05, 0.1) is 13.2 Å². The fourth-order valence-electron chi connectivity index (χ4n) is 0.755. The summed E-state index contributed by atoms with van der Waals surface area (Å²) >= 11 is 0. The van der Waals surface area contributed by atoms with Crippen molar-refractivity contribution in [2.24, 2.45) is 0 Å². The SMILES string of the molecule is CC(=O)ON1CCOCC1=O. The molecule has 0 aromatic rings. The zero-order chi connectivity index (χ0) is 8.27. The second kappa shape index (κ2) is 3.34. The third kappa shape index (κ3) is 2.19. The fourth-order valence-corrected chi connectivity index (χ4v) is 0.755. The molecule has 1 saturated heterocycles. The molecule has 5 heteroatoms. The van der Waals surface area contributed by atoms with Crippen molar-refractivity contribution < 1.29 is 19.2 Å². The summed E-state index contributed by atoms with van der Waals surface area (Å²) < 4.78 is 4.81. The Morgan fingerprint density at radius 2 is 2.45 bits per heavy atom. The van der Waals surface area contributed by atoms with E-state index in [4.69, 9.17) is 4.74 Å². The van der Waals surface area contributed by atoms with Crippen molar-refractivity contribution in [1.82, 2.24) is 5.06 Å². The lowest BCUT2D eigenvalue weighted by Crippen LogP contribution is -2.42. The van der Waals surface area contributed by atoms with E-state index >= 15 is 0 Å². The summed E-state index contributed by atoms with van der Waals surface area (Å²) in [6, 6.07) is 0. The van der Waals surface area contributed by atoms with E-state index in [1.807, 2.05) is 0 Å². The number of amides is 1. The van der Waals surface area contributed by atoms with E-state index in [-0.39, 0.29) is 12.5 Å². The van der Waals surface area contributed by atoms with Crippen molar-refractivity contribution in [3.8, 4) is 0 Å². The van der Waals surface area contributed by atoms with Gasteiger partial charge in [0.15, 0.2) is 0 Å². The molecule has 0 radical (unpaired) electrons. The molecule has 0 atom stereocenters. The van der Waals surface area contributed by atoms with Gasteiger partial charge in [-0.15, -0.1) is 0 Å². The van der Waals surface area contributed by atoms with E-state index in [2.05, 4.69) is 4.84 Å². The summed E-state index contributed by atoms with van der Waals surface area (Å²) in [5.41, 5.74) is 0. The molecule has 0 spiro atoms. The molecule has 0 N–H and O–H groups in total. The van der Waals surface area contributed by atoms with Crippen LogP contribution in [0.2, 0.25) is 0 Å². The second-order valence-electron chi connectivity index (χ2n) is 2.13. The van der Waals surface area contributed by atoms with E-state index < -0.39 is 5.97 Å². The summed E-state index contributed by atoms with van der Waals surface area (Å²) in [7, 11) is 0. The maximum Gasteiger partial charge on any atom is 0.329 e. The van der Waals surface area contributed by atoms with Gasteiger partial charge in [-0.3, -0.25) is 9.59 Å². The van der Waals surface area contributed by atoms with Crippen molar-refractivity contribution in [3.63, 3.8) is 0 Å². The van der Waals surface area contributed by atoms with Crippen molar-refractivity contribution in [2.75, 3.05) is 19.8 Å². The van der Waals surface area contributed by atoms with E-state index in [1.165, 1.54) is 6.92 Å². The van der Waals surface area contributed by atoms with E-state index in [0.29, 0.717) is 13.2 Å². The van der Waals surface area contributed by atoms with Crippen LogP contribution in [0.4, 0.5) is 0 Å². The predicted octanol–water partition coefficient (Wildman–Crippen LogP) is -0.677. The van der Waals surface area contributed by atoms with Gasteiger partial charge in [-0.05, 0) is 0 Å². The van der Waals surface area contributed by atoms with Crippen LogP contribution in [0.25, 0.3) is 0 Å². The molecular weight excluding hydrogens is 150 g/mol. The average Bonchev–Trinajstić information content (AvgIpc) is 1.93. The quantitative estimate of drug-likeness (QED) is 0.508. The molecule has 0 saturated carbocycles. The van der Waals surface area contributed by atoms with Gasteiger partial charge in [0.1, 0.15) is 6.61 Å². The molecule has 0 aromatic heterocycles. The van der Waals surface area contributed by atoms with E-state index in [0.717, 1.165) is 5.06 Å². The molecule has 5 nitrogen and oxygen atoms in total. The lowest BCUT2D eigenvalue weighted by molar-refractivity contribution is -0.208. The Hall–Kier alpha value is -1.10. The smallest absolute Gasteiger partial charge is 0.329 e. The number of hydrogen-bond acceptors (Lipinski definition) is 4. The number of ether oxygens (including phenoxy) is 1. The molecule has 11 heavy (non-hydrogen) atoms. The maximum atomic E-state index is 10.9. The van der Waals surface area contributed by atoms with Crippen molar-refractivity contribution in [3.05, 3.63) is 0 Å². The highest BCUT2D eigenvalue weighted by atomic mass is 16.7. The normalized spacial score (nSPS) is 18.3. The first-order chi connectivity index (χ1) is 5.20. The molecule has 0 bridgehead atoms. The van der Waals surface area contributed by atoms with Gasteiger partial charge < -0.3 is 9.57 Å². The summed E-state index contributed by atoms with van der Waals surface area (Å²) in [5.74, 6) is -0.799. The van der Waals surface area contributed by atoms with Gasteiger partial charge in [0.2, 0.25) is 0 Å². The first-order valence-corrected chi connectivity index (χ1v) is 3.27. The molecule has 1 rings (SSSR count). The van der Waals surface area contributed by atoms with Crippen LogP contribution in [0.1, 0.15) is 6.92 Å². The van der Waals surface area contributed by atoms with Crippen LogP contribution in [0.3, 0.4) is 0 Å². The maximum absolute atomic E-state index is 10.9. The molecule has 1 heterocycles. The van der Waals surface area contributed by atoms with E-state index in [1.54, 1.807) is 0 Å². The Balaban J connectivity index is 2.42. The minimum Gasteiger partial charge on any atom is -0.370 e. The molecule has 1 aliphatic rings. The molecule has 0 aromatic carbocycles. The first kappa shape index (κ1) is 8.00. The van der Waals surface area contributed by atoms with Crippen LogP contribution in [0.15, 0.2) is 0 Å². The van der Waals surface area contributed by atoms with Crippen molar-refractivity contribution >= 4 is 11.9 Å². The Morgan fingerprint density at radius 1 is 1.73 bits per heavy atom. The van der Waals surface area contributed by atoms with Crippen LogP contribution >= 0.6 is 0 Å². The Kier molecular flexibility index (Phi) is 2.43. The summed E-state index contributed by atoms with van der Waals surface area (Å²) in [4.78, 5) is 25.8. The van der Waals surface area contributed by atoms with Crippen LogP contribution in [-0.2, 0) is 19.2 Å². The van der Waals surface area contributed by atoms with Gasteiger partial charge in [0, 0.05) is 6.92 Å². The number of morpholine rings is 1. The average molecular weight is 159 g/mol.